The zero-order chi connectivity index (χ0) is 13.7. The van der Waals surface area contributed by atoms with Gasteiger partial charge in [-0.05, 0) is 38.3 Å². The molecular weight excluding hydrogens is 292 g/mol. The minimum atomic E-state index is -0.0394. The van der Waals surface area contributed by atoms with Crippen molar-refractivity contribution in [2.45, 2.75) is 13.8 Å². The molecule has 2 fully saturated rings. The van der Waals surface area contributed by atoms with Gasteiger partial charge in [-0.3, -0.25) is 14.6 Å². The number of nitrogens with zero attached hydrogens (tertiary/aromatic N) is 2. The SMILES string of the molecule is CCN1C(=O)COC1=S.CCN1C(=S)COC1=S. The van der Waals surface area contributed by atoms with Crippen molar-refractivity contribution in [1.82, 2.24) is 9.80 Å². The van der Waals surface area contributed by atoms with E-state index in [2.05, 4.69) is 0 Å². The van der Waals surface area contributed by atoms with Crippen LogP contribution in [0.25, 0.3) is 0 Å². The molecule has 5 nitrogen and oxygen atoms in total. The van der Waals surface area contributed by atoms with Crippen molar-refractivity contribution in [3.63, 3.8) is 0 Å². The number of carbonyl (C=O) groups excluding carboxylic acids is 1. The smallest absolute Gasteiger partial charge is 0.267 e. The Hall–Kier alpha value is -0.860. The van der Waals surface area contributed by atoms with Crippen molar-refractivity contribution in [1.29, 1.82) is 0 Å². The fourth-order valence-corrected chi connectivity index (χ4v) is 2.29. The zero-order valence-corrected chi connectivity index (χ0v) is 12.6. The van der Waals surface area contributed by atoms with Gasteiger partial charge in [-0.25, -0.2) is 0 Å². The summed E-state index contributed by atoms with van der Waals surface area (Å²) in [5.74, 6) is -0.0394. The highest BCUT2D eigenvalue weighted by Crippen LogP contribution is 2.05. The van der Waals surface area contributed by atoms with Crippen LogP contribution in [-0.2, 0) is 14.3 Å². The lowest BCUT2D eigenvalue weighted by molar-refractivity contribution is -0.125. The maximum absolute atomic E-state index is 10.7. The van der Waals surface area contributed by atoms with E-state index in [0.29, 0.717) is 23.5 Å². The summed E-state index contributed by atoms with van der Waals surface area (Å²) in [6, 6.07) is 0. The number of likely N-dealkylation sites (N-methyl/N-ethyl adjacent to an activating group) is 2. The highest BCUT2D eigenvalue weighted by Gasteiger charge is 2.25. The third-order valence-electron chi connectivity index (χ3n) is 2.31. The Morgan fingerprint density at radius 2 is 1.50 bits per heavy atom. The molecule has 0 aliphatic carbocycles. The summed E-state index contributed by atoms with van der Waals surface area (Å²) in [4.78, 5) is 14.8. The third kappa shape index (κ3) is 3.56. The first-order chi connectivity index (χ1) is 8.51. The number of ether oxygens (including phenoxy) is 2. The average Bonchev–Trinajstić information content (AvgIpc) is 2.83. The van der Waals surface area contributed by atoms with Gasteiger partial charge >= 0.3 is 0 Å². The van der Waals surface area contributed by atoms with Crippen molar-refractivity contribution in [3.05, 3.63) is 0 Å². The molecule has 0 atom stereocenters. The summed E-state index contributed by atoms with van der Waals surface area (Å²) in [6.07, 6.45) is 0. The van der Waals surface area contributed by atoms with Crippen LogP contribution in [0.3, 0.4) is 0 Å². The number of thiocarbonyl (C=S) groups is 3. The van der Waals surface area contributed by atoms with Crippen molar-refractivity contribution in [2.75, 3.05) is 26.3 Å². The van der Waals surface area contributed by atoms with Gasteiger partial charge in [0.05, 0.1) is 0 Å². The Labute approximate surface area is 122 Å². The van der Waals surface area contributed by atoms with E-state index in [4.69, 9.17) is 46.1 Å². The number of hydrogen-bond acceptors (Lipinski definition) is 6. The second-order valence-corrected chi connectivity index (χ2v) is 4.55. The molecule has 100 valence electrons. The van der Waals surface area contributed by atoms with Crippen LogP contribution in [0, 0.1) is 0 Å². The van der Waals surface area contributed by atoms with Crippen LogP contribution in [-0.4, -0.2) is 57.3 Å². The molecule has 0 spiro atoms. The summed E-state index contributed by atoms with van der Waals surface area (Å²) in [5, 5.41) is 0.824. The predicted molar refractivity (Wildman–Crippen MR) is 79.5 cm³/mol. The van der Waals surface area contributed by atoms with Gasteiger partial charge in [-0.15, -0.1) is 0 Å². The predicted octanol–water partition coefficient (Wildman–Crippen LogP) is 1.10. The number of amides is 1. The number of rotatable bonds is 2. The van der Waals surface area contributed by atoms with Crippen LogP contribution in [0.4, 0.5) is 0 Å². The highest BCUT2D eigenvalue weighted by atomic mass is 32.1. The normalized spacial score (nSPS) is 18.6. The van der Waals surface area contributed by atoms with Crippen molar-refractivity contribution in [2.24, 2.45) is 0 Å². The molecule has 2 aliphatic heterocycles. The molecular formula is C10H14N2O3S3. The molecule has 0 N–H and O–H groups in total. The molecule has 2 rings (SSSR count). The molecule has 18 heavy (non-hydrogen) atoms. The zero-order valence-electron chi connectivity index (χ0n) is 10.2. The maximum atomic E-state index is 10.7. The van der Waals surface area contributed by atoms with Crippen molar-refractivity contribution < 1.29 is 14.3 Å². The minimum Gasteiger partial charge on any atom is -0.463 e. The molecule has 0 aromatic rings. The van der Waals surface area contributed by atoms with Gasteiger partial charge in [0.25, 0.3) is 16.3 Å². The molecule has 1 amide bonds. The standard InChI is InChI=1S/C5H7NO2S.C5H7NOS2/c1-2-6-4(7)3-8-5(6)9;1-2-6-4(8)3-7-5(6)9/h2*2-3H2,1H3. The third-order valence-corrected chi connectivity index (χ3v) is 3.33. The molecule has 0 saturated carbocycles. The molecule has 0 aromatic carbocycles. The molecule has 2 aliphatic rings. The van der Waals surface area contributed by atoms with E-state index in [-0.39, 0.29) is 12.5 Å². The number of carbonyl (C=O) groups is 1. The topological polar surface area (TPSA) is 42.0 Å². The van der Waals surface area contributed by atoms with Crippen molar-refractivity contribution in [3.8, 4) is 0 Å². The van der Waals surface area contributed by atoms with Crippen LogP contribution >= 0.6 is 36.7 Å². The molecule has 0 bridgehead atoms. The summed E-state index contributed by atoms with van der Waals surface area (Å²) in [6.45, 7) is 5.89. The van der Waals surface area contributed by atoms with Gasteiger partial charge in [-0.2, -0.15) is 0 Å². The van der Waals surface area contributed by atoms with Gasteiger partial charge < -0.3 is 9.47 Å². The van der Waals surface area contributed by atoms with E-state index in [0.717, 1.165) is 11.5 Å². The fourth-order valence-electron chi connectivity index (χ4n) is 1.37. The van der Waals surface area contributed by atoms with E-state index in [1.54, 1.807) is 0 Å². The largest absolute Gasteiger partial charge is 0.463 e. The van der Waals surface area contributed by atoms with E-state index < -0.39 is 0 Å². The van der Waals surface area contributed by atoms with Crippen molar-refractivity contribution >= 4 is 57.9 Å². The first-order valence-corrected chi connectivity index (χ1v) is 6.68. The van der Waals surface area contributed by atoms with E-state index in [9.17, 15) is 4.79 Å². The monoisotopic (exact) mass is 306 g/mol. The van der Waals surface area contributed by atoms with Crippen LogP contribution in [0.2, 0.25) is 0 Å². The first-order valence-electron chi connectivity index (χ1n) is 5.45. The van der Waals surface area contributed by atoms with Gasteiger partial charge in [0.2, 0.25) is 0 Å². The molecule has 0 unspecified atom stereocenters. The Morgan fingerprint density at radius 1 is 1.00 bits per heavy atom. The fraction of sp³-hybridized carbons (Fsp3) is 0.600. The lowest BCUT2D eigenvalue weighted by atomic mass is 10.5. The van der Waals surface area contributed by atoms with E-state index >= 15 is 0 Å². The van der Waals surface area contributed by atoms with Crippen LogP contribution < -0.4 is 0 Å². The molecule has 0 radical (unpaired) electrons. The van der Waals surface area contributed by atoms with Crippen LogP contribution in [0.15, 0.2) is 0 Å². The lowest BCUT2D eigenvalue weighted by Gasteiger charge is -2.09. The maximum Gasteiger partial charge on any atom is 0.267 e. The average molecular weight is 306 g/mol. The van der Waals surface area contributed by atoms with E-state index in [1.165, 1.54) is 4.90 Å². The van der Waals surface area contributed by atoms with Gasteiger partial charge in [0.15, 0.2) is 6.61 Å². The quantitative estimate of drug-likeness (QED) is 0.708. The van der Waals surface area contributed by atoms with E-state index in [1.807, 2.05) is 18.7 Å². The Bertz CT molecular complexity index is 319. The summed E-state index contributed by atoms with van der Waals surface area (Å²) in [5.41, 5.74) is 0. The Kier molecular flexibility index (Phi) is 5.83. The summed E-state index contributed by atoms with van der Waals surface area (Å²) >= 11 is 14.5. The summed E-state index contributed by atoms with van der Waals surface area (Å²) in [7, 11) is 0. The number of hydrogen-bond donors (Lipinski definition) is 0. The second-order valence-electron chi connectivity index (χ2n) is 3.39. The molecule has 0 aromatic heterocycles. The second kappa shape index (κ2) is 6.91. The van der Waals surface area contributed by atoms with Gasteiger partial charge in [0, 0.05) is 13.1 Å². The first kappa shape index (κ1) is 15.2. The summed E-state index contributed by atoms with van der Waals surface area (Å²) < 4.78 is 9.76. The molecule has 2 saturated heterocycles. The lowest BCUT2D eigenvalue weighted by Crippen LogP contribution is -2.28. The highest BCUT2D eigenvalue weighted by molar-refractivity contribution is 7.82. The minimum absolute atomic E-state index is 0.0394. The van der Waals surface area contributed by atoms with Gasteiger partial charge in [-0.1, -0.05) is 12.2 Å². The molecule has 8 heteroatoms. The Morgan fingerprint density at radius 3 is 1.72 bits per heavy atom. The van der Waals surface area contributed by atoms with Crippen LogP contribution in [0.5, 0.6) is 0 Å². The van der Waals surface area contributed by atoms with Crippen LogP contribution in [0.1, 0.15) is 13.8 Å². The van der Waals surface area contributed by atoms with Gasteiger partial charge in [0.1, 0.15) is 11.6 Å². The molecule has 2 heterocycles. The Balaban J connectivity index is 0.000000180.